The molecule has 0 radical (unpaired) electrons. The van der Waals surface area contributed by atoms with Crippen LogP contribution >= 0.6 is 0 Å². The van der Waals surface area contributed by atoms with Gasteiger partial charge >= 0.3 is 0 Å². The predicted octanol–water partition coefficient (Wildman–Crippen LogP) is 2.89. The normalized spacial score (nSPS) is 12.3. The van der Waals surface area contributed by atoms with Crippen LogP contribution in [0.15, 0.2) is 24.3 Å². The molecule has 0 saturated carbocycles. The van der Waals surface area contributed by atoms with Gasteiger partial charge in [0.2, 0.25) is 0 Å². The van der Waals surface area contributed by atoms with Gasteiger partial charge in [0, 0.05) is 23.8 Å². The van der Waals surface area contributed by atoms with Gasteiger partial charge < -0.3 is 10.6 Å². The lowest BCUT2D eigenvalue weighted by Gasteiger charge is -2.17. The van der Waals surface area contributed by atoms with Crippen molar-refractivity contribution in [1.29, 1.82) is 0 Å². The number of rotatable bonds is 5. The Morgan fingerprint density at radius 2 is 1.76 bits per heavy atom. The van der Waals surface area contributed by atoms with Crippen LogP contribution in [0, 0.1) is 5.92 Å². The zero-order chi connectivity index (χ0) is 12.8. The molecule has 17 heavy (non-hydrogen) atoms. The van der Waals surface area contributed by atoms with Gasteiger partial charge in [0.25, 0.3) is 5.91 Å². The van der Waals surface area contributed by atoms with E-state index in [1.807, 2.05) is 38.1 Å². The Labute approximate surface area is 104 Å². The van der Waals surface area contributed by atoms with Gasteiger partial charge in [-0.25, -0.2) is 0 Å². The first kappa shape index (κ1) is 13.6. The molecule has 3 heteroatoms. The summed E-state index contributed by atoms with van der Waals surface area (Å²) in [6.07, 6.45) is 0. The molecule has 3 nitrogen and oxygen atoms in total. The summed E-state index contributed by atoms with van der Waals surface area (Å²) >= 11 is 0. The van der Waals surface area contributed by atoms with Gasteiger partial charge in [0.15, 0.2) is 0 Å². The van der Waals surface area contributed by atoms with Crippen LogP contribution in [0.4, 0.5) is 5.69 Å². The summed E-state index contributed by atoms with van der Waals surface area (Å²) in [5.74, 6) is 0.439. The van der Waals surface area contributed by atoms with Crippen molar-refractivity contribution in [2.75, 3.05) is 11.9 Å². The molecule has 0 aliphatic heterocycles. The number of carbonyl (C=O) groups excluding carboxylic acids is 1. The second-order valence-corrected chi connectivity index (χ2v) is 4.61. The molecule has 1 unspecified atom stereocenters. The molecule has 1 amide bonds. The summed E-state index contributed by atoms with van der Waals surface area (Å²) in [6.45, 7) is 9.15. The van der Waals surface area contributed by atoms with Crippen LogP contribution in [0.1, 0.15) is 38.1 Å². The molecule has 0 bridgehead atoms. The SMILES string of the molecule is CCNc1ccc(C(=O)NC(C)C(C)C)cc1. The molecule has 0 aromatic heterocycles. The third-order valence-electron chi connectivity index (χ3n) is 2.89. The Morgan fingerprint density at radius 1 is 1.18 bits per heavy atom. The maximum Gasteiger partial charge on any atom is 0.251 e. The second-order valence-electron chi connectivity index (χ2n) is 4.61. The predicted molar refractivity (Wildman–Crippen MR) is 72.4 cm³/mol. The first-order valence-corrected chi connectivity index (χ1v) is 6.19. The number of benzene rings is 1. The van der Waals surface area contributed by atoms with E-state index in [9.17, 15) is 4.79 Å². The van der Waals surface area contributed by atoms with E-state index in [1.165, 1.54) is 0 Å². The molecular formula is C14H22N2O. The molecule has 0 heterocycles. The summed E-state index contributed by atoms with van der Waals surface area (Å²) in [7, 11) is 0. The standard InChI is InChI=1S/C14H22N2O/c1-5-15-13-8-6-12(7-9-13)14(17)16-11(4)10(2)3/h6-11,15H,5H2,1-4H3,(H,16,17). The largest absolute Gasteiger partial charge is 0.385 e. The highest BCUT2D eigenvalue weighted by Crippen LogP contribution is 2.10. The summed E-state index contributed by atoms with van der Waals surface area (Å²) in [6, 6.07) is 7.74. The van der Waals surface area contributed by atoms with E-state index >= 15 is 0 Å². The lowest BCUT2D eigenvalue weighted by Crippen LogP contribution is -2.36. The van der Waals surface area contributed by atoms with Gasteiger partial charge in [-0.2, -0.15) is 0 Å². The molecule has 0 aliphatic carbocycles. The minimum Gasteiger partial charge on any atom is -0.385 e. The lowest BCUT2D eigenvalue weighted by molar-refractivity contribution is 0.0930. The van der Waals surface area contributed by atoms with E-state index in [0.717, 1.165) is 12.2 Å². The molecular weight excluding hydrogens is 212 g/mol. The van der Waals surface area contributed by atoms with Crippen molar-refractivity contribution >= 4 is 11.6 Å². The maximum atomic E-state index is 11.9. The molecule has 1 rings (SSSR count). The minimum atomic E-state index is -0.00533. The highest BCUT2D eigenvalue weighted by Gasteiger charge is 2.11. The molecule has 2 N–H and O–H groups in total. The van der Waals surface area contributed by atoms with Crippen LogP contribution in [0.2, 0.25) is 0 Å². The zero-order valence-corrected chi connectivity index (χ0v) is 11.1. The summed E-state index contributed by atoms with van der Waals surface area (Å²) in [5, 5.41) is 6.19. The Hall–Kier alpha value is -1.51. The highest BCUT2D eigenvalue weighted by atomic mass is 16.1. The molecule has 1 aromatic rings. The van der Waals surface area contributed by atoms with Crippen LogP contribution in [0.25, 0.3) is 0 Å². The van der Waals surface area contributed by atoms with Crippen molar-refractivity contribution in [3.63, 3.8) is 0 Å². The first-order valence-electron chi connectivity index (χ1n) is 6.19. The Balaban J connectivity index is 2.63. The van der Waals surface area contributed by atoms with Crippen molar-refractivity contribution in [2.45, 2.75) is 33.7 Å². The van der Waals surface area contributed by atoms with Crippen molar-refractivity contribution in [1.82, 2.24) is 5.32 Å². The monoisotopic (exact) mass is 234 g/mol. The topological polar surface area (TPSA) is 41.1 Å². The average Bonchev–Trinajstić information content (AvgIpc) is 2.30. The zero-order valence-electron chi connectivity index (χ0n) is 11.1. The fourth-order valence-electron chi connectivity index (χ4n) is 1.40. The van der Waals surface area contributed by atoms with E-state index in [2.05, 4.69) is 24.5 Å². The molecule has 94 valence electrons. The third-order valence-corrected chi connectivity index (χ3v) is 2.89. The van der Waals surface area contributed by atoms with Gasteiger partial charge in [0.1, 0.15) is 0 Å². The second kappa shape index (κ2) is 6.28. The van der Waals surface area contributed by atoms with Crippen LogP contribution in [-0.2, 0) is 0 Å². The van der Waals surface area contributed by atoms with E-state index in [-0.39, 0.29) is 11.9 Å². The van der Waals surface area contributed by atoms with E-state index in [4.69, 9.17) is 0 Å². The first-order chi connectivity index (χ1) is 8.04. The van der Waals surface area contributed by atoms with Gasteiger partial charge in [-0.1, -0.05) is 13.8 Å². The summed E-state index contributed by atoms with van der Waals surface area (Å²) < 4.78 is 0. The average molecular weight is 234 g/mol. The van der Waals surface area contributed by atoms with Crippen molar-refractivity contribution in [3.05, 3.63) is 29.8 Å². The van der Waals surface area contributed by atoms with Crippen LogP contribution in [0.5, 0.6) is 0 Å². The number of carbonyl (C=O) groups is 1. The molecule has 0 spiro atoms. The van der Waals surface area contributed by atoms with Crippen LogP contribution in [0.3, 0.4) is 0 Å². The molecule has 1 atom stereocenters. The quantitative estimate of drug-likeness (QED) is 0.822. The number of amides is 1. The summed E-state index contributed by atoms with van der Waals surface area (Å²) in [5.41, 5.74) is 1.75. The van der Waals surface area contributed by atoms with Crippen molar-refractivity contribution in [3.8, 4) is 0 Å². The number of nitrogens with one attached hydrogen (secondary N) is 2. The third kappa shape index (κ3) is 4.10. The van der Waals surface area contributed by atoms with Crippen molar-refractivity contribution < 1.29 is 4.79 Å². The molecule has 0 aliphatic rings. The highest BCUT2D eigenvalue weighted by molar-refractivity contribution is 5.94. The Bertz CT molecular complexity index is 357. The molecule has 0 fully saturated rings. The fraction of sp³-hybridized carbons (Fsp3) is 0.500. The smallest absolute Gasteiger partial charge is 0.251 e. The molecule has 1 aromatic carbocycles. The van der Waals surface area contributed by atoms with E-state index in [1.54, 1.807) is 0 Å². The van der Waals surface area contributed by atoms with E-state index < -0.39 is 0 Å². The van der Waals surface area contributed by atoms with Gasteiger partial charge in [0.05, 0.1) is 0 Å². The van der Waals surface area contributed by atoms with Crippen molar-refractivity contribution in [2.24, 2.45) is 5.92 Å². The Kier molecular flexibility index (Phi) is 5.01. The van der Waals surface area contributed by atoms with Crippen LogP contribution < -0.4 is 10.6 Å². The summed E-state index contributed by atoms with van der Waals surface area (Å²) in [4.78, 5) is 11.9. The van der Waals surface area contributed by atoms with Crippen LogP contribution in [-0.4, -0.2) is 18.5 Å². The van der Waals surface area contributed by atoms with Gasteiger partial charge in [-0.3, -0.25) is 4.79 Å². The lowest BCUT2D eigenvalue weighted by atomic mass is 10.1. The fourth-order valence-corrected chi connectivity index (χ4v) is 1.40. The maximum absolute atomic E-state index is 11.9. The number of hydrogen-bond donors (Lipinski definition) is 2. The van der Waals surface area contributed by atoms with Gasteiger partial charge in [-0.05, 0) is 44.0 Å². The number of anilines is 1. The van der Waals surface area contributed by atoms with E-state index in [0.29, 0.717) is 11.5 Å². The minimum absolute atomic E-state index is 0.00533. The number of hydrogen-bond acceptors (Lipinski definition) is 2. The van der Waals surface area contributed by atoms with Gasteiger partial charge in [-0.15, -0.1) is 0 Å². The molecule has 0 saturated heterocycles. The Morgan fingerprint density at radius 3 is 2.24 bits per heavy atom.